The molecule has 3 N–H and O–H groups in total. The summed E-state index contributed by atoms with van der Waals surface area (Å²) in [5.74, 6) is -4.32. The van der Waals surface area contributed by atoms with Crippen molar-refractivity contribution in [1.82, 2.24) is 0 Å². The SMILES string of the molecule is C=CCC(O)(O)C(=O)O. The Labute approximate surface area is 52.1 Å². The number of carboxylic acid groups (broad SMARTS) is 1. The van der Waals surface area contributed by atoms with Crippen molar-refractivity contribution in [1.29, 1.82) is 0 Å². The molecule has 0 radical (unpaired) electrons. The summed E-state index contributed by atoms with van der Waals surface area (Å²) in [6.07, 6.45) is 0.746. The van der Waals surface area contributed by atoms with Gasteiger partial charge in [0.15, 0.2) is 0 Å². The zero-order chi connectivity index (χ0) is 7.49. The summed E-state index contributed by atoms with van der Waals surface area (Å²) in [6, 6.07) is 0. The number of aliphatic hydroxyl groups is 2. The number of rotatable bonds is 3. The Morgan fingerprint density at radius 3 is 2.22 bits per heavy atom. The third kappa shape index (κ3) is 2.25. The Bertz CT molecular complexity index is 127. The van der Waals surface area contributed by atoms with Crippen LogP contribution in [0.5, 0.6) is 0 Å². The van der Waals surface area contributed by atoms with E-state index >= 15 is 0 Å². The van der Waals surface area contributed by atoms with Crippen molar-refractivity contribution in [2.45, 2.75) is 12.2 Å². The van der Waals surface area contributed by atoms with Crippen LogP contribution < -0.4 is 0 Å². The van der Waals surface area contributed by atoms with Crippen molar-refractivity contribution in [2.75, 3.05) is 0 Å². The minimum atomic E-state index is -2.65. The van der Waals surface area contributed by atoms with Crippen molar-refractivity contribution in [3.05, 3.63) is 12.7 Å². The highest BCUT2D eigenvalue weighted by molar-refractivity contribution is 5.74. The van der Waals surface area contributed by atoms with E-state index in [0.29, 0.717) is 0 Å². The van der Waals surface area contributed by atoms with Crippen LogP contribution in [0.25, 0.3) is 0 Å². The van der Waals surface area contributed by atoms with E-state index in [0.717, 1.165) is 6.08 Å². The summed E-state index contributed by atoms with van der Waals surface area (Å²) < 4.78 is 0. The molecule has 4 heteroatoms. The van der Waals surface area contributed by atoms with Gasteiger partial charge >= 0.3 is 5.97 Å². The first-order valence-corrected chi connectivity index (χ1v) is 2.29. The largest absolute Gasteiger partial charge is 0.477 e. The van der Waals surface area contributed by atoms with Gasteiger partial charge < -0.3 is 15.3 Å². The molecule has 0 aromatic rings. The van der Waals surface area contributed by atoms with Gasteiger partial charge in [-0.25, -0.2) is 4.79 Å². The number of hydrogen-bond acceptors (Lipinski definition) is 3. The highest BCUT2D eigenvalue weighted by Crippen LogP contribution is 2.04. The van der Waals surface area contributed by atoms with Crippen LogP contribution in [-0.4, -0.2) is 27.1 Å². The number of carbonyl (C=O) groups is 1. The van der Waals surface area contributed by atoms with E-state index in [2.05, 4.69) is 6.58 Å². The molecule has 0 rings (SSSR count). The molecule has 0 heterocycles. The number of hydrogen-bond donors (Lipinski definition) is 3. The highest BCUT2D eigenvalue weighted by Gasteiger charge is 2.30. The van der Waals surface area contributed by atoms with Gasteiger partial charge in [0.25, 0.3) is 5.79 Å². The lowest BCUT2D eigenvalue weighted by molar-refractivity contribution is -0.201. The van der Waals surface area contributed by atoms with Crippen LogP contribution in [0, 0.1) is 0 Å². The third-order valence-electron chi connectivity index (χ3n) is 0.771. The lowest BCUT2D eigenvalue weighted by Crippen LogP contribution is -2.37. The predicted octanol–water partition coefficient (Wildman–Crippen LogP) is -0.672. The van der Waals surface area contributed by atoms with Crippen molar-refractivity contribution in [3.8, 4) is 0 Å². The van der Waals surface area contributed by atoms with Gasteiger partial charge in [-0.1, -0.05) is 6.08 Å². The maximum absolute atomic E-state index is 9.86. The molecule has 0 spiro atoms. The summed E-state index contributed by atoms with van der Waals surface area (Å²) in [5.41, 5.74) is 0. The highest BCUT2D eigenvalue weighted by atomic mass is 16.5. The summed E-state index contributed by atoms with van der Waals surface area (Å²) in [4.78, 5) is 9.86. The lowest BCUT2D eigenvalue weighted by atomic mass is 10.2. The van der Waals surface area contributed by atoms with Gasteiger partial charge in [0.05, 0.1) is 0 Å². The van der Waals surface area contributed by atoms with Crippen LogP contribution in [0.4, 0.5) is 0 Å². The molecule has 4 nitrogen and oxygen atoms in total. The zero-order valence-electron chi connectivity index (χ0n) is 4.74. The average Bonchev–Trinajstić information content (AvgIpc) is 1.65. The minimum Gasteiger partial charge on any atom is -0.477 e. The summed E-state index contributed by atoms with van der Waals surface area (Å²) in [6.45, 7) is 3.14. The molecule has 9 heavy (non-hydrogen) atoms. The van der Waals surface area contributed by atoms with Gasteiger partial charge in [0, 0.05) is 6.42 Å². The topological polar surface area (TPSA) is 77.8 Å². The van der Waals surface area contributed by atoms with Gasteiger partial charge in [0.1, 0.15) is 0 Å². The molecule has 0 saturated carbocycles. The van der Waals surface area contributed by atoms with Gasteiger partial charge in [0.2, 0.25) is 0 Å². The van der Waals surface area contributed by atoms with Crippen molar-refractivity contribution >= 4 is 5.97 Å². The minimum absolute atomic E-state index is 0.373. The molecule has 0 atom stereocenters. The first-order chi connectivity index (χ1) is 4.00. The number of aliphatic carboxylic acids is 1. The molecule has 0 aliphatic heterocycles. The maximum atomic E-state index is 9.86. The van der Waals surface area contributed by atoms with Gasteiger partial charge in [-0.05, 0) is 0 Å². The molecule has 0 unspecified atom stereocenters. The summed E-state index contributed by atoms with van der Waals surface area (Å²) >= 11 is 0. The van der Waals surface area contributed by atoms with Crippen LogP contribution >= 0.6 is 0 Å². The smallest absolute Gasteiger partial charge is 0.364 e. The van der Waals surface area contributed by atoms with E-state index in [4.69, 9.17) is 15.3 Å². The van der Waals surface area contributed by atoms with Gasteiger partial charge in [-0.15, -0.1) is 6.58 Å². The Morgan fingerprint density at radius 1 is 1.67 bits per heavy atom. The first-order valence-electron chi connectivity index (χ1n) is 2.29. The van der Waals surface area contributed by atoms with E-state index < -0.39 is 11.8 Å². The van der Waals surface area contributed by atoms with Crippen LogP contribution in [0.2, 0.25) is 0 Å². The van der Waals surface area contributed by atoms with Crippen molar-refractivity contribution in [2.24, 2.45) is 0 Å². The second kappa shape index (κ2) is 2.61. The van der Waals surface area contributed by atoms with Crippen molar-refractivity contribution in [3.63, 3.8) is 0 Å². The quantitative estimate of drug-likeness (QED) is 0.351. The summed E-state index contributed by atoms with van der Waals surface area (Å²) in [7, 11) is 0. The molecule has 0 bridgehead atoms. The molecular weight excluding hydrogens is 124 g/mol. The van der Waals surface area contributed by atoms with Crippen LogP contribution in [0.1, 0.15) is 6.42 Å². The van der Waals surface area contributed by atoms with E-state index in [1.54, 1.807) is 0 Å². The van der Waals surface area contributed by atoms with E-state index in [1.807, 2.05) is 0 Å². The molecule has 52 valence electrons. The number of carboxylic acids is 1. The van der Waals surface area contributed by atoms with Gasteiger partial charge in [-0.3, -0.25) is 0 Å². The molecule has 0 amide bonds. The van der Waals surface area contributed by atoms with Crippen LogP contribution in [0.3, 0.4) is 0 Å². The predicted molar refractivity (Wildman–Crippen MR) is 29.6 cm³/mol. The monoisotopic (exact) mass is 132 g/mol. The standard InChI is InChI=1S/C5H8O4/c1-2-3-5(8,9)4(6)7/h2,8-9H,1,3H2,(H,6,7). The fourth-order valence-electron chi connectivity index (χ4n) is 0.289. The fourth-order valence-corrected chi connectivity index (χ4v) is 0.289. The molecule has 0 aliphatic carbocycles. The molecule has 0 fully saturated rings. The van der Waals surface area contributed by atoms with E-state index in [1.165, 1.54) is 0 Å². The molecule has 0 aromatic heterocycles. The second-order valence-electron chi connectivity index (χ2n) is 1.61. The fraction of sp³-hybridized carbons (Fsp3) is 0.400. The second-order valence-corrected chi connectivity index (χ2v) is 1.61. The Morgan fingerprint density at radius 2 is 2.11 bits per heavy atom. The molecular formula is C5H8O4. The van der Waals surface area contributed by atoms with Gasteiger partial charge in [-0.2, -0.15) is 0 Å². The first kappa shape index (κ1) is 8.13. The Balaban J connectivity index is 4.00. The van der Waals surface area contributed by atoms with Crippen molar-refractivity contribution < 1.29 is 20.1 Å². The molecule has 0 aliphatic rings. The Kier molecular flexibility index (Phi) is 2.36. The molecule has 0 aromatic carbocycles. The zero-order valence-corrected chi connectivity index (χ0v) is 4.74. The molecule has 0 saturated heterocycles. The lowest BCUT2D eigenvalue weighted by Gasteiger charge is -2.12. The van der Waals surface area contributed by atoms with Crippen LogP contribution in [-0.2, 0) is 4.79 Å². The third-order valence-corrected chi connectivity index (χ3v) is 0.771. The van der Waals surface area contributed by atoms with E-state index in [9.17, 15) is 4.79 Å². The van der Waals surface area contributed by atoms with E-state index in [-0.39, 0.29) is 6.42 Å². The van der Waals surface area contributed by atoms with Crippen LogP contribution in [0.15, 0.2) is 12.7 Å². The summed E-state index contributed by atoms with van der Waals surface area (Å²) in [5, 5.41) is 25.0. The average molecular weight is 132 g/mol. The Hall–Kier alpha value is -0.870. The maximum Gasteiger partial charge on any atom is 0.364 e. The normalized spacial score (nSPS) is 10.9.